The van der Waals surface area contributed by atoms with Crippen LogP contribution in [0.25, 0.3) is 11.6 Å². The predicted octanol–water partition coefficient (Wildman–Crippen LogP) is 3.47. The standard InChI is InChI=1S/C20H23N5O/c1-13-18(24(2)12-21-13)20-22-19(23-26-20)15-11-17(14-7-4-3-5-8-14)25-10-6-9-16(15)25/h3-5,7-8,12,15-17H,6,9-11H2,1-2H3/t15-,16+,17-/m1/s1. The van der Waals surface area contributed by atoms with Gasteiger partial charge < -0.3 is 9.09 Å². The number of hydrogen-bond donors (Lipinski definition) is 0. The molecule has 0 aliphatic carbocycles. The summed E-state index contributed by atoms with van der Waals surface area (Å²) < 4.78 is 7.57. The first-order valence-electron chi connectivity index (χ1n) is 9.35. The van der Waals surface area contributed by atoms with Gasteiger partial charge in [-0.2, -0.15) is 4.98 Å². The van der Waals surface area contributed by atoms with Crippen molar-refractivity contribution in [2.24, 2.45) is 7.05 Å². The topological polar surface area (TPSA) is 60.0 Å². The van der Waals surface area contributed by atoms with Gasteiger partial charge in [-0.05, 0) is 38.3 Å². The fourth-order valence-corrected chi connectivity index (χ4v) is 4.78. The maximum absolute atomic E-state index is 5.63. The molecule has 2 aliphatic rings. The Labute approximate surface area is 152 Å². The first-order valence-corrected chi connectivity index (χ1v) is 9.35. The van der Waals surface area contributed by atoms with E-state index in [4.69, 9.17) is 9.51 Å². The van der Waals surface area contributed by atoms with Crippen molar-refractivity contribution in [3.8, 4) is 11.6 Å². The van der Waals surface area contributed by atoms with Crippen molar-refractivity contribution < 1.29 is 4.52 Å². The molecule has 2 aromatic heterocycles. The number of benzene rings is 1. The van der Waals surface area contributed by atoms with Gasteiger partial charge >= 0.3 is 0 Å². The van der Waals surface area contributed by atoms with E-state index < -0.39 is 0 Å². The third-order valence-corrected chi connectivity index (χ3v) is 5.96. The lowest BCUT2D eigenvalue weighted by Gasteiger charge is -2.24. The van der Waals surface area contributed by atoms with Crippen molar-refractivity contribution in [3.05, 3.63) is 53.7 Å². The Bertz CT molecular complexity index is 896. The molecule has 2 fully saturated rings. The molecular formula is C20H23N5O. The van der Waals surface area contributed by atoms with E-state index >= 15 is 0 Å². The minimum atomic E-state index is 0.328. The quantitative estimate of drug-likeness (QED) is 0.724. The van der Waals surface area contributed by atoms with E-state index in [1.807, 2.05) is 18.5 Å². The summed E-state index contributed by atoms with van der Waals surface area (Å²) in [5, 5.41) is 4.37. The summed E-state index contributed by atoms with van der Waals surface area (Å²) in [6, 6.07) is 11.8. The summed E-state index contributed by atoms with van der Waals surface area (Å²) in [6.07, 6.45) is 5.30. The fraction of sp³-hybridized carbons (Fsp3) is 0.450. The van der Waals surface area contributed by atoms with Crippen molar-refractivity contribution in [2.45, 2.75) is 44.2 Å². The molecule has 26 heavy (non-hydrogen) atoms. The van der Waals surface area contributed by atoms with Gasteiger partial charge in [-0.3, -0.25) is 4.90 Å². The van der Waals surface area contributed by atoms with Crippen LogP contribution >= 0.6 is 0 Å². The first kappa shape index (κ1) is 15.8. The number of nitrogens with zero attached hydrogens (tertiary/aromatic N) is 5. The van der Waals surface area contributed by atoms with Gasteiger partial charge in [-0.15, -0.1) is 0 Å². The molecule has 0 amide bonds. The van der Waals surface area contributed by atoms with Crippen LogP contribution in [-0.2, 0) is 7.05 Å². The Kier molecular flexibility index (Phi) is 3.67. The average Bonchev–Trinajstić information content (AvgIpc) is 3.40. The van der Waals surface area contributed by atoms with Gasteiger partial charge in [0, 0.05) is 25.0 Å². The van der Waals surface area contributed by atoms with E-state index in [0.717, 1.165) is 30.2 Å². The molecule has 3 aromatic rings. The summed E-state index contributed by atoms with van der Waals surface area (Å²) in [4.78, 5) is 11.8. The Morgan fingerprint density at radius 1 is 1.19 bits per heavy atom. The molecule has 0 saturated carbocycles. The third kappa shape index (κ3) is 2.40. The molecule has 0 radical (unpaired) electrons. The lowest BCUT2D eigenvalue weighted by atomic mass is 9.94. The van der Waals surface area contributed by atoms with Crippen LogP contribution < -0.4 is 0 Å². The van der Waals surface area contributed by atoms with Crippen molar-refractivity contribution in [1.82, 2.24) is 24.6 Å². The number of aromatic nitrogens is 4. The number of aryl methyl sites for hydroxylation is 2. The van der Waals surface area contributed by atoms with Gasteiger partial charge in [-0.1, -0.05) is 35.5 Å². The Hall–Kier alpha value is -2.47. The SMILES string of the molecule is Cc1ncn(C)c1-c1nc([C@@H]2C[C@H](c3ccccc3)N3CCC[C@@H]23)no1. The van der Waals surface area contributed by atoms with Crippen molar-refractivity contribution >= 4 is 0 Å². The van der Waals surface area contributed by atoms with Crippen molar-refractivity contribution in [3.63, 3.8) is 0 Å². The molecule has 0 N–H and O–H groups in total. The summed E-state index contributed by atoms with van der Waals surface area (Å²) in [6.45, 7) is 3.13. The van der Waals surface area contributed by atoms with Crippen LogP contribution in [0, 0.1) is 6.92 Å². The van der Waals surface area contributed by atoms with E-state index in [0.29, 0.717) is 23.9 Å². The van der Waals surface area contributed by atoms with Crippen LogP contribution in [0.4, 0.5) is 0 Å². The lowest BCUT2D eigenvalue weighted by molar-refractivity contribution is 0.243. The van der Waals surface area contributed by atoms with Crippen molar-refractivity contribution in [1.29, 1.82) is 0 Å². The zero-order valence-corrected chi connectivity index (χ0v) is 15.2. The fourth-order valence-electron chi connectivity index (χ4n) is 4.78. The minimum absolute atomic E-state index is 0.328. The molecule has 2 saturated heterocycles. The molecule has 3 atom stereocenters. The molecule has 134 valence electrons. The highest BCUT2D eigenvalue weighted by atomic mass is 16.5. The van der Waals surface area contributed by atoms with Crippen LogP contribution in [0.3, 0.4) is 0 Å². The maximum atomic E-state index is 5.63. The van der Waals surface area contributed by atoms with Gasteiger partial charge in [0.15, 0.2) is 5.82 Å². The second-order valence-electron chi connectivity index (χ2n) is 7.46. The zero-order chi connectivity index (χ0) is 17.7. The number of fused-ring (bicyclic) bond motifs is 1. The number of imidazole rings is 1. The highest BCUT2D eigenvalue weighted by Gasteiger charge is 2.46. The van der Waals surface area contributed by atoms with Gasteiger partial charge in [0.05, 0.1) is 12.0 Å². The molecule has 5 rings (SSSR count). The van der Waals surface area contributed by atoms with Crippen LogP contribution in [-0.4, -0.2) is 37.2 Å². The molecule has 4 heterocycles. The van der Waals surface area contributed by atoms with Crippen LogP contribution in [0.15, 0.2) is 41.2 Å². The van der Waals surface area contributed by atoms with Gasteiger partial charge in [-0.25, -0.2) is 4.98 Å². The van der Waals surface area contributed by atoms with Gasteiger partial charge in [0.25, 0.3) is 5.89 Å². The Morgan fingerprint density at radius 2 is 2.04 bits per heavy atom. The average molecular weight is 349 g/mol. The minimum Gasteiger partial charge on any atom is -0.332 e. The summed E-state index contributed by atoms with van der Waals surface area (Å²) in [5.74, 6) is 1.75. The number of rotatable bonds is 3. The summed E-state index contributed by atoms with van der Waals surface area (Å²) >= 11 is 0. The zero-order valence-electron chi connectivity index (χ0n) is 15.2. The van der Waals surface area contributed by atoms with Crippen molar-refractivity contribution in [2.75, 3.05) is 6.54 Å². The predicted molar refractivity (Wildman–Crippen MR) is 97.5 cm³/mol. The van der Waals surface area contributed by atoms with Crippen LogP contribution in [0.5, 0.6) is 0 Å². The van der Waals surface area contributed by atoms with E-state index in [1.54, 1.807) is 6.33 Å². The highest BCUT2D eigenvalue weighted by Crippen LogP contribution is 2.48. The monoisotopic (exact) mass is 349 g/mol. The third-order valence-electron chi connectivity index (χ3n) is 5.96. The first-order chi connectivity index (χ1) is 12.7. The van der Waals surface area contributed by atoms with E-state index in [1.165, 1.54) is 18.4 Å². The summed E-state index contributed by atoms with van der Waals surface area (Å²) in [5.41, 5.74) is 3.22. The molecular weight excluding hydrogens is 326 g/mol. The molecule has 6 heteroatoms. The van der Waals surface area contributed by atoms with Gasteiger partial charge in [0.1, 0.15) is 5.69 Å². The maximum Gasteiger partial charge on any atom is 0.276 e. The lowest BCUT2D eigenvalue weighted by Crippen LogP contribution is -2.27. The molecule has 1 aromatic carbocycles. The number of hydrogen-bond acceptors (Lipinski definition) is 5. The molecule has 0 spiro atoms. The molecule has 6 nitrogen and oxygen atoms in total. The largest absolute Gasteiger partial charge is 0.332 e. The highest BCUT2D eigenvalue weighted by molar-refractivity contribution is 5.51. The smallest absolute Gasteiger partial charge is 0.276 e. The molecule has 2 aliphatic heterocycles. The van der Waals surface area contributed by atoms with Gasteiger partial charge in [0.2, 0.25) is 0 Å². The summed E-state index contributed by atoms with van der Waals surface area (Å²) in [7, 11) is 1.96. The second-order valence-corrected chi connectivity index (χ2v) is 7.46. The van der Waals surface area contributed by atoms with Crippen LogP contribution in [0.2, 0.25) is 0 Å². The normalized spacial score (nSPS) is 25.7. The Morgan fingerprint density at radius 3 is 2.81 bits per heavy atom. The Balaban J connectivity index is 1.47. The van der Waals surface area contributed by atoms with Crippen LogP contribution in [0.1, 0.15) is 48.3 Å². The second kappa shape index (κ2) is 6.06. The van der Waals surface area contributed by atoms with E-state index in [9.17, 15) is 0 Å². The van der Waals surface area contributed by atoms with E-state index in [2.05, 4.69) is 45.4 Å². The van der Waals surface area contributed by atoms with E-state index in [-0.39, 0.29) is 0 Å². The molecule has 0 unspecified atom stereocenters. The molecule has 0 bridgehead atoms.